The highest BCUT2D eigenvalue weighted by Crippen LogP contribution is 2.26. The Kier molecular flexibility index (Phi) is 6.41. The molecule has 9 heteroatoms. The molecule has 3 aromatic heterocycles. The van der Waals surface area contributed by atoms with Gasteiger partial charge in [0.25, 0.3) is 11.5 Å². The molecule has 1 amide bonds. The molecule has 0 aliphatic rings. The van der Waals surface area contributed by atoms with Crippen molar-refractivity contribution >= 4 is 17.6 Å². The minimum Gasteiger partial charge on any atom is -0.497 e. The van der Waals surface area contributed by atoms with Gasteiger partial charge in [-0.3, -0.25) is 14.0 Å². The van der Waals surface area contributed by atoms with Crippen molar-refractivity contribution in [2.24, 2.45) is 0 Å². The molecule has 0 fully saturated rings. The maximum absolute atomic E-state index is 13.3. The van der Waals surface area contributed by atoms with Crippen molar-refractivity contribution in [1.82, 2.24) is 14.7 Å². The highest BCUT2D eigenvalue weighted by atomic mass is 16.5. The summed E-state index contributed by atoms with van der Waals surface area (Å²) in [5.74, 6) is 0.868. The smallest absolute Gasteiger partial charge is 0.269 e. The fourth-order valence-corrected chi connectivity index (χ4v) is 3.22. The number of methoxy groups -OCH3 is 1. The summed E-state index contributed by atoms with van der Waals surface area (Å²) in [7, 11) is 1.55. The van der Waals surface area contributed by atoms with Gasteiger partial charge in [0, 0.05) is 6.20 Å². The number of pyridine rings is 1. The zero-order chi connectivity index (χ0) is 24.1. The zero-order valence-electron chi connectivity index (χ0n) is 18.4. The average molecular weight is 456 g/mol. The van der Waals surface area contributed by atoms with Crippen molar-refractivity contribution < 1.29 is 18.7 Å². The first-order valence-corrected chi connectivity index (χ1v) is 10.3. The minimum atomic E-state index is -0.664. The quantitative estimate of drug-likeness (QED) is 0.333. The summed E-state index contributed by atoms with van der Waals surface area (Å²) in [5, 5.41) is 12.2. The van der Waals surface area contributed by atoms with Gasteiger partial charge in [0.15, 0.2) is 0 Å². The molecule has 0 bridgehead atoms. The molecule has 0 radical (unpaired) electrons. The largest absolute Gasteiger partial charge is 0.497 e. The van der Waals surface area contributed by atoms with E-state index in [1.807, 2.05) is 19.1 Å². The van der Waals surface area contributed by atoms with E-state index in [1.165, 1.54) is 16.7 Å². The standard InChI is InChI=1S/C25H20N4O5/c1-16-5-3-11-29-22(16)28-24(34-19-9-7-18(32-2)8-10-19)21(25(29)31)13-17(14-26)23(30)27-15-20-6-4-12-33-20/h3-13H,15H2,1-2H3,(H,27,30)/b17-13+. The fourth-order valence-electron chi connectivity index (χ4n) is 3.22. The van der Waals surface area contributed by atoms with Crippen LogP contribution < -0.4 is 20.3 Å². The number of carbonyl (C=O) groups is 1. The van der Waals surface area contributed by atoms with Gasteiger partial charge in [-0.2, -0.15) is 10.2 Å². The number of aromatic nitrogens is 2. The lowest BCUT2D eigenvalue weighted by Crippen LogP contribution is -2.25. The van der Waals surface area contributed by atoms with E-state index >= 15 is 0 Å². The number of fused-ring (bicyclic) bond motifs is 1. The molecule has 0 atom stereocenters. The number of hydrogen-bond donors (Lipinski definition) is 1. The Morgan fingerprint density at radius 1 is 1.21 bits per heavy atom. The summed E-state index contributed by atoms with van der Waals surface area (Å²) >= 11 is 0. The van der Waals surface area contributed by atoms with Crippen molar-refractivity contribution in [3.63, 3.8) is 0 Å². The summed E-state index contributed by atoms with van der Waals surface area (Å²) in [6, 6.07) is 15.5. The first-order valence-electron chi connectivity index (χ1n) is 10.3. The number of nitrogens with one attached hydrogen (secondary N) is 1. The van der Waals surface area contributed by atoms with Crippen molar-refractivity contribution in [2.45, 2.75) is 13.5 Å². The van der Waals surface area contributed by atoms with Crippen molar-refractivity contribution in [1.29, 1.82) is 5.26 Å². The summed E-state index contributed by atoms with van der Waals surface area (Å²) in [6.07, 6.45) is 4.23. The van der Waals surface area contributed by atoms with Gasteiger partial charge < -0.3 is 19.2 Å². The van der Waals surface area contributed by atoms with Crippen LogP contribution in [0.5, 0.6) is 17.4 Å². The van der Waals surface area contributed by atoms with Crippen LogP contribution in [0.15, 0.2) is 75.8 Å². The van der Waals surface area contributed by atoms with Gasteiger partial charge >= 0.3 is 0 Å². The number of ether oxygens (including phenoxy) is 2. The first kappa shape index (κ1) is 22.4. The van der Waals surface area contributed by atoms with Crippen LogP contribution in [0.4, 0.5) is 0 Å². The predicted molar refractivity (Wildman–Crippen MR) is 123 cm³/mol. The maximum atomic E-state index is 13.3. The van der Waals surface area contributed by atoms with Crippen LogP contribution in [0, 0.1) is 18.3 Å². The van der Waals surface area contributed by atoms with Gasteiger partial charge in [-0.1, -0.05) is 6.07 Å². The van der Waals surface area contributed by atoms with Gasteiger partial charge in [0.05, 0.1) is 19.9 Å². The number of nitriles is 1. The van der Waals surface area contributed by atoms with E-state index in [2.05, 4.69) is 10.3 Å². The Labute approximate surface area is 194 Å². The van der Waals surface area contributed by atoms with Gasteiger partial charge in [0.2, 0.25) is 5.88 Å². The molecule has 4 rings (SSSR count). The molecule has 9 nitrogen and oxygen atoms in total. The van der Waals surface area contributed by atoms with Crippen LogP contribution in [0.1, 0.15) is 16.9 Å². The molecule has 4 aromatic rings. The van der Waals surface area contributed by atoms with Crippen molar-refractivity contribution in [3.8, 4) is 23.4 Å². The second-order valence-corrected chi connectivity index (χ2v) is 7.23. The number of hydrogen-bond acceptors (Lipinski definition) is 7. The minimum absolute atomic E-state index is 0.0314. The average Bonchev–Trinajstić information content (AvgIpc) is 3.37. The number of amides is 1. The number of rotatable bonds is 7. The summed E-state index contributed by atoms with van der Waals surface area (Å²) in [4.78, 5) is 30.5. The summed E-state index contributed by atoms with van der Waals surface area (Å²) in [5.41, 5.74) is 0.352. The molecule has 0 saturated heterocycles. The van der Waals surface area contributed by atoms with E-state index in [9.17, 15) is 14.9 Å². The Balaban J connectivity index is 1.77. The second-order valence-electron chi connectivity index (χ2n) is 7.23. The fraction of sp³-hybridized carbons (Fsp3) is 0.120. The molecular weight excluding hydrogens is 436 g/mol. The molecule has 0 aliphatic carbocycles. The molecular formula is C25H20N4O5. The molecule has 1 N–H and O–H groups in total. The second kappa shape index (κ2) is 9.75. The third-order valence-corrected chi connectivity index (χ3v) is 4.98. The zero-order valence-corrected chi connectivity index (χ0v) is 18.4. The normalized spacial score (nSPS) is 11.1. The van der Waals surface area contributed by atoms with Crippen LogP contribution in [-0.2, 0) is 11.3 Å². The van der Waals surface area contributed by atoms with E-state index in [0.29, 0.717) is 22.9 Å². The molecule has 0 unspecified atom stereocenters. The molecule has 0 saturated carbocycles. The highest BCUT2D eigenvalue weighted by molar-refractivity contribution is 6.01. The third-order valence-electron chi connectivity index (χ3n) is 4.98. The topological polar surface area (TPSA) is 119 Å². The number of furan rings is 1. The highest BCUT2D eigenvalue weighted by Gasteiger charge is 2.18. The number of benzene rings is 1. The summed E-state index contributed by atoms with van der Waals surface area (Å²) < 4.78 is 17.6. The van der Waals surface area contributed by atoms with Crippen LogP contribution >= 0.6 is 0 Å². The Morgan fingerprint density at radius 2 is 1.97 bits per heavy atom. The molecule has 170 valence electrons. The lowest BCUT2D eigenvalue weighted by molar-refractivity contribution is -0.117. The number of aryl methyl sites for hydroxylation is 1. The Hall–Kier alpha value is -4.84. The summed E-state index contributed by atoms with van der Waals surface area (Å²) in [6.45, 7) is 1.91. The van der Waals surface area contributed by atoms with E-state index < -0.39 is 11.5 Å². The Morgan fingerprint density at radius 3 is 2.65 bits per heavy atom. The van der Waals surface area contributed by atoms with Crippen LogP contribution in [0.2, 0.25) is 0 Å². The molecule has 34 heavy (non-hydrogen) atoms. The third kappa shape index (κ3) is 4.66. The van der Waals surface area contributed by atoms with Crippen molar-refractivity contribution in [2.75, 3.05) is 7.11 Å². The monoisotopic (exact) mass is 456 g/mol. The van der Waals surface area contributed by atoms with Gasteiger partial charge in [0.1, 0.15) is 40.1 Å². The Bertz CT molecular complexity index is 1460. The van der Waals surface area contributed by atoms with Crippen molar-refractivity contribution in [3.05, 3.63) is 93.8 Å². The predicted octanol–water partition coefficient (Wildman–Crippen LogP) is 3.62. The van der Waals surface area contributed by atoms with Gasteiger partial charge in [-0.15, -0.1) is 0 Å². The van der Waals surface area contributed by atoms with Gasteiger partial charge in [-0.05, 0) is 61.0 Å². The lowest BCUT2D eigenvalue weighted by atomic mass is 10.1. The lowest BCUT2D eigenvalue weighted by Gasteiger charge is -2.12. The molecule has 0 aliphatic heterocycles. The van der Waals surface area contributed by atoms with E-state index in [-0.39, 0.29) is 23.6 Å². The van der Waals surface area contributed by atoms with E-state index in [0.717, 1.165) is 5.56 Å². The van der Waals surface area contributed by atoms with Crippen LogP contribution in [0.25, 0.3) is 11.7 Å². The molecule has 3 heterocycles. The molecule has 1 aromatic carbocycles. The number of carbonyl (C=O) groups excluding carboxylic acids is 1. The SMILES string of the molecule is COc1ccc(Oc2nc3c(C)cccn3c(=O)c2/C=C(\C#N)C(=O)NCc2ccco2)cc1. The number of nitrogens with zero attached hydrogens (tertiary/aromatic N) is 3. The van der Waals surface area contributed by atoms with Crippen LogP contribution in [-0.4, -0.2) is 22.4 Å². The van der Waals surface area contributed by atoms with Crippen LogP contribution in [0.3, 0.4) is 0 Å². The molecule has 0 spiro atoms. The van der Waals surface area contributed by atoms with Gasteiger partial charge in [-0.25, -0.2) is 0 Å². The first-order chi connectivity index (χ1) is 16.5. The maximum Gasteiger partial charge on any atom is 0.269 e. The van der Waals surface area contributed by atoms with E-state index in [4.69, 9.17) is 13.9 Å². The van der Waals surface area contributed by atoms with E-state index in [1.54, 1.807) is 55.8 Å².